The van der Waals surface area contributed by atoms with E-state index in [0.717, 1.165) is 36.1 Å². The van der Waals surface area contributed by atoms with Crippen molar-refractivity contribution in [2.45, 2.75) is 64.8 Å². The van der Waals surface area contributed by atoms with Gasteiger partial charge in [0.2, 0.25) is 0 Å². The van der Waals surface area contributed by atoms with Crippen LogP contribution < -0.4 is 0 Å². The molecular weight excluding hydrogens is 344 g/mol. The maximum atomic E-state index is 13.5. The molecule has 1 aromatic heterocycles. The predicted octanol–water partition coefficient (Wildman–Crippen LogP) is 4.98. The summed E-state index contributed by atoms with van der Waals surface area (Å²) in [6, 6.07) is 6.69. The molecule has 0 N–H and O–H groups in total. The van der Waals surface area contributed by atoms with Gasteiger partial charge in [0.1, 0.15) is 0 Å². The third-order valence-electron chi connectivity index (χ3n) is 9.23. The molecule has 6 atom stereocenters. The highest BCUT2D eigenvalue weighted by Crippen LogP contribution is 2.64. The number of aromatic nitrogens is 1. The molecule has 0 radical (unpaired) electrons. The van der Waals surface area contributed by atoms with Crippen molar-refractivity contribution in [3.05, 3.63) is 35.7 Å². The topological polar surface area (TPSA) is 33.2 Å². The molecule has 150 valence electrons. The Morgan fingerprint density at radius 2 is 2.00 bits per heavy atom. The molecule has 2 heterocycles. The van der Waals surface area contributed by atoms with Crippen molar-refractivity contribution in [2.24, 2.45) is 28.6 Å². The van der Waals surface area contributed by atoms with Gasteiger partial charge in [-0.1, -0.05) is 19.9 Å². The number of allylic oxidation sites excluding steroid dienone is 1. The van der Waals surface area contributed by atoms with E-state index in [4.69, 9.17) is 0 Å². The lowest BCUT2D eigenvalue weighted by molar-refractivity contribution is -0.140. The summed E-state index contributed by atoms with van der Waals surface area (Å²) in [5.74, 6) is 2.44. The molecule has 1 saturated heterocycles. The Labute approximate surface area is 169 Å². The van der Waals surface area contributed by atoms with Gasteiger partial charge in [0.15, 0.2) is 5.78 Å². The maximum absolute atomic E-state index is 13.5. The van der Waals surface area contributed by atoms with E-state index in [0.29, 0.717) is 23.0 Å². The molecule has 5 rings (SSSR count). The van der Waals surface area contributed by atoms with E-state index in [1.807, 2.05) is 24.4 Å². The van der Waals surface area contributed by atoms with Gasteiger partial charge in [0, 0.05) is 17.7 Å². The van der Waals surface area contributed by atoms with Crippen molar-refractivity contribution in [1.82, 2.24) is 9.88 Å². The molecule has 0 bridgehead atoms. The van der Waals surface area contributed by atoms with Crippen LogP contribution in [0.25, 0.3) is 6.08 Å². The molecule has 3 aliphatic carbocycles. The Kier molecular flexibility index (Phi) is 4.32. The molecule has 4 fully saturated rings. The van der Waals surface area contributed by atoms with Crippen LogP contribution >= 0.6 is 0 Å². The fourth-order valence-corrected chi connectivity index (χ4v) is 7.82. The number of pyridine rings is 1. The third-order valence-corrected chi connectivity index (χ3v) is 9.23. The quantitative estimate of drug-likeness (QED) is 0.646. The van der Waals surface area contributed by atoms with Gasteiger partial charge >= 0.3 is 0 Å². The zero-order valence-electron chi connectivity index (χ0n) is 17.7. The lowest BCUT2D eigenvalue weighted by Crippen LogP contribution is -2.60. The molecule has 0 spiro atoms. The van der Waals surface area contributed by atoms with E-state index in [9.17, 15) is 4.79 Å². The van der Waals surface area contributed by atoms with Gasteiger partial charge in [-0.15, -0.1) is 0 Å². The van der Waals surface area contributed by atoms with Crippen LogP contribution in [0.1, 0.15) is 64.5 Å². The van der Waals surface area contributed by atoms with Gasteiger partial charge in [0.25, 0.3) is 0 Å². The Hall–Kier alpha value is -1.48. The van der Waals surface area contributed by atoms with Crippen LogP contribution in [0.5, 0.6) is 0 Å². The summed E-state index contributed by atoms with van der Waals surface area (Å²) in [5.41, 5.74) is 2.24. The van der Waals surface area contributed by atoms with Crippen molar-refractivity contribution in [2.75, 3.05) is 13.6 Å². The molecule has 3 nitrogen and oxygen atoms in total. The molecule has 0 unspecified atom stereocenters. The highest BCUT2D eigenvalue weighted by Gasteiger charge is 2.61. The predicted molar refractivity (Wildman–Crippen MR) is 113 cm³/mol. The lowest BCUT2D eigenvalue weighted by atomic mass is 9.47. The van der Waals surface area contributed by atoms with E-state index in [-0.39, 0.29) is 5.41 Å². The van der Waals surface area contributed by atoms with Crippen LogP contribution in [0, 0.1) is 28.6 Å². The van der Waals surface area contributed by atoms with E-state index in [2.05, 4.69) is 36.9 Å². The molecule has 0 aromatic carbocycles. The zero-order valence-corrected chi connectivity index (χ0v) is 17.7. The monoisotopic (exact) mass is 378 g/mol. The third kappa shape index (κ3) is 2.58. The average Bonchev–Trinajstić information content (AvgIpc) is 2.93. The van der Waals surface area contributed by atoms with Crippen molar-refractivity contribution >= 4 is 11.9 Å². The molecule has 3 heteroatoms. The van der Waals surface area contributed by atoms with E-state index < -0.39 is 0 Å². The van der Waals surface area contributed by atoms with Crippen LogP contribution in [0.15, 0.2) is 30.0 Å². The van der Waals surface area contributed by atoms with Crippen LogP contribution in [0.3, 0.4) is 0 Å². The Bertz CT molecular complexity index is 802. The standard InChI is InChI=1S/C25H34N2O/c1-24-11-6-14-27(3)22(24)9-8-19-20(24)10-12-25(2)21(19)16-17(23(25)28)15-18-7-4-5-13-26-18/h4-5,7,13,15,19-22H,6,8-12,14,16H2,1-3H3/b17-15+/t19-,20+,21+,22-,24-,25+/m1/s1. The summed E-state index contributed by atoms with van der Waals surface area (Å²) in [5, 5.41) is 0. The second-order valence-electron chi connectivity index (χ2n) is 10.5. The summed E-state index contributed by atoms with van der Waals surface area (Å²) in [4.78, 5) is 20.5. The fourth-order valence-electron chi connectivity index (χ4n) is 7.82. The number of fused-ring (bicyclic) bond motifs is 5. The smallest absolute Gasteiger partial charge is 0.165 e. The maximum Gasteiger partial charge on any atom is 0.165 e. The number of piperidine rings is 1. The highest BCUT2D eigenvalue weighted by molar-refractivity contribution is 6.05. The number of hydrogen-bond donors (Lipinski definition) is 0. The minimum absolute atomic E-state index is 0.147. The zero-order chi connectivity index (χ0) is 19.5. The molecular formula is C25H34N2O. The van der Waals surface area contributed by atoms with Crippen LogP contribution in [0.2, 0.25) is 0 Å². The first kappa shape index (κ1) is 18.5. The minimum atomic E-state index is -0.147. The number of hydrogen-bond acceptors (Lipinski definition) is 3. The Morgan fingerprint density at radius 1 is 1.14 bits per heavy atom. The number of nitrogens with zero attached hydrogens (tertiary/aromatic N) is 2. The van der Waals surface area contributed by atoms with Crippen molar-refractivity contribution in [3.63, 3.8) is 0 Å². The number of carbonyl (C=O) groups is 1. The van der Waals surface area contributed by atoms with E-state index in [1.165, 1.54) is 38.6 Å². The van der Waals surface area contributed by atoms with Gasteiger partial charge < -0.3 is 4.90 Å². The van der Waals surface area contributed by atoms with Crippen LogP contribution in [-0.4, -0.2) is 35.3 Å². The number of rotatable bonds is 1. The van der Waals surface area contributed by atoms with E-state index >= 15 is 0 Å². The van der Waals surface area contributed by atoms with Gasteiger partial charge in [0.05, 0.1) is 5.69 Å². The van der Waals surface area contributed by atoms with Crippen molar-refractivity contribution in [1.29, 1.82) is 0 Å². The summed E-state index contributed by atoms with van der Waals surface area (Å²) >= 11 is 0. The lowest BCUT2D eigenvalue weighted by Gasteiger charge is -2.61. The highest BCUT2D eigenvalue weighted by atomic mass is 16.1. The SMILES string of the molecule is CN1CCC[C@]2(C)[C@H]3CC[C@]4(C)C(=O)/C(=C/c5ccccn5)C[C@H]4[C@@H]3CC[C@@H]12. The first-order chi connectivity index (χ1) is 13.4. The number of Topliss-reactive ketones (excluding diaryl/α,β-unsaturated/α-hetero) is 1. The largest absolute Gasteiger partial charge is 0.303 e. The van der Waals surface area contributed by atoms with Crippen LogP contribution in [0.4, 0.5) is 0 Å². The molecule has 4 aliphatic rings. The van der Waals surface area contributed by atoms with Gasteiger partial charge in [-0.2, -0.15) is 0 Å². The number of carbonyl (C=O) groups excluding carboxylic acids is 1. The van der Waals surface area contributed by atoms with Gasteiger partial charge in [-0.05, 0) is 105 Å². The normalized spacial score (nSPS) is 44.8. The molecule has 1 aliphatic heterocycles. The summed E-state index contributed by atoms with van der Waals surface area (Å²) in [7, 11) is 2.34. The van der Waals surface area contributed by atoms with Crippen molar-refractivity contribution < 1.29 is 4.79 Å². The van der Waals surface area contributed by atoms with Crippen LogP contribution in [-0.2, 0) is 4.79 Å². The average molecular weight is 379 g/mol. The second-order valence-corrected chi connectivity index (χ2v) is 10.5. The Balaban J connectivity index is 1.47. The fraction of sp³-hybridized carbons (Fsp3) is 0.680. The number of ketones is 1. The molecule has 28 heavy (non-hydrogen) atoms. The minimum Gasteiger partial charge on any atom is -0.303 e. The first-order valence-electron chi connectivity index (χ1n) is 11.3. The second kappa shape index (κ2) is 6.52. The van der Waals surface area contributed by atoms with E-state index in [1.54, 1.807) is 0 Å². The van der Waals surface area contributed by atoms with Gasteiger partial charge in [-0.3, -0.25) is 9.78 Å². The molecule has 0 amide bonds. The Morgan fingerprint density at radius 3 is 2.79 bits per heavy atom. The summed E-state index contributed by atoms with van der Waals surface area (Å²) < 4.78 is 0. The molecule has 3 saturated carbocycles. The summed E-state index contributed by atoms with van der Waals surface area (Å²) in [6.07, 6.45) is 12.5. The molecule has 1 aromatic rings. The number of likely N-dealkylation sites (tertiary alicyclic amines) is 1. The van der Waals surface area contributed by atoms with Gasteiger partial charge in [-0.25, -0.2) is 0 Å². The summed E-state index contributed by atoms with van der Waals surface area (Å²) in [6.45, 7) is 6.11. The van der Waals surface area contributed by atoms with Crippen molar-refractivity contribution in [3.8, 4) is 0 Å². The first-order valence-corrected chi connectivity index (χ1v) is 11.3.